The molecular weight excluding hydrogens is 286 g/mol. The van der Waals surface area contributed by atoms with E-state index in [9.17, 15) is 9.59 Å². The minimum atomic E-state index is -0.560. The fourth-order valence-electron chi connectivity index (χ4n) is 2.63. The first-order valence-corrected chi connectivity index (χ1v) is 7.93. The predicted molar refractivity (Wildman–Crippen MR) is 92.1 cm³/mol. The van der Waals surface area contributed by atoms with E-state index >= 15 is 0 Å². The third kappa shape index (κ3) is 5.46. The van der Waals surface area contributed by atoms with Crippen LogP contribution in [0.4, 0.5) is 0 Å². The third-order valence-corrected chi connectivity index (χ3v) is 4.06. The second kappa shape index (κ2) is 8.39. The number of benzene rings is 2. The summed E-state index contributed by atoms with van der Waals surface area (Å²) >= 11 is 0. The van der Waals surface area contributed by atoms with Gasteiger partial charge in [-0.2, -0.15) is 0 Å². The van der Waals surface area contributed by atoms with Gasteiger partial charge < -0.3 is 5.73 Å². The molecule has 3 heteroatoms. The highest BCUT2D eigenvalue weighted by Gasteiger charge is 2.22. The summed E-state index contributed by atoms with van der Waals surface area (Å²) in [5.74, 6) is -0.314. The second-order valence-corrected chi connectivity index (χ2v) is 5.96. The Morgan fingerprint density at radius 1 is 0.870 bits per heavy atom. The van der Waals surface area contributed by atoms with E-state index in [0.717, 1.165) is 11.1 Å². The van der Waals surface area contributed by atoms with E-state index in [1.807, 2.05) is 60.7 Å². The quantitative estimate of drug-likeness (QED) is 0.815. The van der Waals surface area contributed by atoms with Crippen LogP contribution in [-0.4, -0.2) is 17.6 Å². The lowest BCUT2D eigenvalue weighted by Crippen LogP contribution is -2.35. The summed E-state index contributed by atoms with van der Waals surface area (Å²) in [6, 6.07) is 18.9. The lowest BCUT2D eigenvalue weighted by Gasteiger charge is -2.16. The van der Waals surface area contributed by atoms with Crippen LogP contribution in [0.1, 0.15) is 24.5 Å². The van der Waals surface area contributed by atoms with Crippen molar-refractivity contribution in [2.75, 3.05) is 0 Å². The number of carbonyl (C=O) groups excluding carboxylic acids is 2. The molecule has 0 amide bonds. The minimum Gasteiger partial charge on any atom is -0.321 e. The molecule has 2 N–H and O–H groups in total. The molecule has 0 aromatic heterocycles. The fourth-order valence-corrected chi connectivity index (χ4v) is 2.63. The molecule has 23 heavy (non-hydrogen) atoms. The molecule has 2 atom stereocenters. The van der Waals surface area contributed by atoms with Crippen molar-refractivity contribution in [2.24, 2.45) is 11.7 Å². The van der Waals surface area contributed by atoms with Gasteiger partial charge in [-0.25, -0.2) is 0 Å². The Kier molecular flexibility index (Phi) is 6.24. The van der Waals surface area contributed by atoms with Gasteiger partial charge in [0, 0.05) is 12.3 Å². The molecular formula is C20H23NO2. The Morgan fingerprint density at radius 3 is 1.83 bits per heavy atom. The van der Waals surface area contributed by atoms with Crippen LogP contribution < -0.4 is 5.73 Å². The van der Waals surface area contributed by atoms with Gasteiger partial charge in [0.15, 0.2) is 5.78 Å². The molecule has 0 aliphatic heterocycles. The molecule has 0 aliphatic carbocycles. The SMILES string of the molecule is CC(=O)[C@@H](CC(=O)[C@@H](N)Cc1ccccc1)Cc1ccccc1. The average molecular weight is 309 g/mol. The zero-order chi connectivity index (χ0) is 16.7. The summed E-state index contributed by atoms with van der Waals surface area (Å²) in [7, 11) is 0. The van der Waals surface area contributed by atoms with E-state index in [1.54, 1.807) is 6.92 Å². The van der Waals surface area contributed by atoms with Gasteiger partial charge in [0.1, 0.15) is 5.78 Å². The normalized spacial score (nSPS) is 13.3. The first-order valence-electron chi connectivity index (χ1n) is 7.93. The van der Waals surface area contributed by atoms with E-state index in [0.29, 0.717) is 12.8 Å². The molecule has 2 aromatic rings. The molecule has 120 valence electrons. The number of carbonyl (C=O) groups is 2. The molecule has 0 saturated heterocycles. The molecule has 0 fully saturated rings. The minimum absolute atomic E-state index is 0.0362. The highest BCUT2D eigenvalue weighted by atomic mass is 16.1. The Labute approximate surface area is 137 Å². The maximum absolute atomic E-state index is 12.4. The van der Waals surface area contributed by atoms with Crippen LogP contribution in [0.25, 0.3) is 0 Å². The van der Waals surface area contributed by atoms with Crippen LogP contribution in [0.5, 0.6) is 0 Å². The maximum atomic E-state index is 12.4. The van der Waals surface area contributed by atoms with Crippen LogP contribution in [-0.2, 0) is 22.4 Å². The summed E-state index contributed by atoms with van der Waals surface area (Å²) in [4.78, 5) is 24.2. The third-order valence-electron chi connectivity index (χ3n) is 4.06. The van der Waals surface area contributed by atoms with Gasteiger partial charge in [0.25, 0.3) is 0 Å². The smallest absolute Gasteiger partial charge is 0.150 e. The van der Waals surface area contributed by atoms with Gasteiger partial charge >= 0.3 is 0 Å². The molecule has 0 radical (unpaired) electrons. The van der Waals surface area contributed by atoms with Crippen molar-refractivity contribution in [1.29, 1.82) is 0 Å². The van der Waals surface area contributed by atoms with Crippen LogP contribution in [0.15, 0.2) is 60.7 Å². The Hall–Kier alpha value is -2.26. The first kappa shape index (κ1) is 17.1. The van der Waals surface area contributed by atoms with Crippen molar-refractivity contribution in [3.8, 4) is 0 Å². The largest absolute Gasteiger partial charge is 0.321 e. The highest BCUT2D eigenvalue weighted by molar-refractivity contribution is 5.89. The van der Waals surface area contributed by atoms with Crippen molar-refractivity contribution in [1.82, 2.24) is 0 Å². The van der Waals surface area contributed by atoms with Gasteiger partial charge in [-0.3, -0.25) is 9.59 Å². The number of ketones is 2. The molecule has 2 rings (SSSR count). The van der Waals surface area contributed by atoms with Gasteiger partial charge in [0.05, 0.1) is 6.04 Å². The van der Waals surface area contributed by atoms with Crippen molar-refractivity contribution in [2.45, 2.75) is 32.2 Å². The highest BCUT2D eigenvalue weighted by Crippen LogP contribution is 2.15. The van der Waals surface area contributed by atoms with Gasteiger partial charge in [0.2, 0.25) is 0 Å². The van der Waals surface area contributed by atoms with E-state index in [4.69, 9.17) is 5.73 Å². The van der Waals surface area contributed by atoms with Gasteiger partial charge in [-0.1, -0.05) is 60.7 Å². The van der Waals surface area contributed by atoms with Crippen LogP contribution in [0, 0.1) is 5.92 Å². The van der Waals surface area contributed by atoms with E-state index in [2.05, 4.69) is 0 Å². The summed E-state index contributed by atoms with van der Waals surface area (Å²) in [6.07, 6.45) is 1.30. The number of hydrogen-bond donors (Lipinski definition) is 1. The number of rotatable bonds is 8. The second-order valence-electron chi connectivity index (χ2n) is 5.96. The Balaban J connectivity index is 1.96. The monoisotopic (exact) mass is 309 g/mol. The van der Waals surface area contributed by atoms with E-state index < -0.39 is 6.04 Å². The summed E-state index contributed by atoms with van der Waals surface area (Å²) in [6.45, 7) is 1.55. The van der Waals surface area contributed by atoms with Crippen molar-refractivity contribution in [3.05, 3.63) is 71.8 Å². The molecule has 0 aliphatic rings. The summed E-state index contributed by atoms with van der Waals surface area (Å²) < 4.78 is 0. The molecule has 0 unspecified atom stereocenters. The predicted octanol–water partition coefficient (Wildman–Crippen LogP) is 2.96. The zero-order valence-corrected chi connectivity index (χ0v) is 13.4. The van der Waals surface area contributed by atoms with Crippen LogP contribution >= 0.6 is 0 Å². The molecule has 3 nitrogen and oxygen atoms in total. The van der Waals surface area contributed by atoms with E-state index in [-0.39, 0.29) is 23.9 Å². The zero-order valence-electron chi connectivity index (χ0n) is 13.4. The standard InChI is InChI=1S/C20H23NO2/c1-15(22)18(12-16-8-4-2-5-9-16)14-20(23)19(21)13-17-10-6-3-7-11-17/h2-11,18-19H,12-14,21H2,1H3/t18-,19+/m1/s1. The van der Waals surface area contributed by atoms with E-state index in [1.165, 1.54) is 0 Å². The van der Waals surface area contributed by atoms with Crippen LogP contribution in [0.3, 0.4) is 0 Å². The molecule has 0 saturated carbocycles. The topological polar surface area (TPSA) is 60.2 Å². The van der Waals surface area contributed by atoms with Gasteiger partial charge in [-0.05, 0) is 30.9 Å². The molecule has 0 spiro atoms. The molecule has 2 aromatic carbocycles. The summed E-state index contributed by atoms with van der Waals surface area (Å²) in [5, 5.41) is 0. The Bertz CT molecular complexity index is 637. The Morgan fingerprint density at radius 2 is 1.35 bits per heavy atom. The summed E-state index contributed by atoms with van der Waals surface area (Å²) in [5.41, 5.74) is 8.13. The lowest BCUT2D eigenvalue weighted by atomic mass is 9.88. The lowest BCUT2D eigenvalue weighted by molar-refractivity contribution is -0.127. The maximum Gasteiger partial charge on any atom is 0.150 e. The number of Topliss-reactive ketones (excluding diaryl/α,β-unsaturated/α-hetero) is 2. The molecule has 0 heterocycles. The van der Waals surface area contributed by atoms with Gasteiger partial charge in [-0.15, -0.1) is 0 Å². The van der Waals surface area contributed by atoms with Crippen molar-refractivity contribution < 1.29 is 9.59 Å². The average Bonchev–Trinajstić information content (AvgIpc) is 2.56. The van der Waals surface area contributed by atoms with Crippen LogP contribution in [0.2, 0.25) is 0 Å². The van der Waals surface area contributed by atoms with Crippen molar-refractivity contribution >= 4 is 11.6 Å². The molecule has 0 bridgehead atoms. The number of nitrogens with two attached hydrogens (primary N) is 1. The number of hydrogen-bond acceptors (Lipinski definition) is 3. The first-order chi connectivity index (χ1) is 11.1. The van der Waals surface area contributed by atoms with Crippen molar-refractivity contribution in [3.63, 3.8) is 0 Å². The fraction of sp³-hybridized carbons (Fsp3) is 0.300.